The van der Waals surface area contributed by atoms with Gasteiger partial charge in [0.25, 0.3) is 0 Å². The van der Waals surface area contributed by atoms with E-state index in [1.807, 2.05) is 0 Å². The molecule has 0 rings (SSSR count). The van der Waals surface area contributed by atoms with Crippen molar-refractivity contribution in [3.8, 4) is 0 Å². The van der Waals surface area contributed by atoms with E-state index >= 15 is 0 Å². The zero-order valence-electron chi connectivity index (χ0n) is 11.5. The SMILES string of the molecule is CC(C)(C)OC(=O)N[C@@H](CCCCN)[C@H](O)CO. The molecule has 18 heavy (non-hydrogen) atoms. The van der Waals surface area contributed by atoms with Gasteiger partial charge < -0.3 is 26.0 Å². The van der Waals surface area contributed by atoms with Crippen molar-refractivity contribution in [2.24, 2.45) is 5.73 Å². The molecule has 2 atom stereocenters. The number of nitrogens with one attached hydrogen (secondary N) is 1. The minimum atomic E-state index is -0.990. The van der Waals surface area contributed by atoms with Crippen molar-refractivity contribution in [1.82, 2.24) is 5.32 Å². The smallest absolute Gasteiger partial charge is 0.407 e. The number of hydrogen-bond donors (Lipinski definition) is 4. The summed E-state index contributed by atoms with van der Waals surface area (Å²) in [6.45, 7) is 5.45. The van der Waals surface area contributed by atoms with Crippen LogP contribution in [0.2, 0.25) is 0 Å². The molecule has 0 saturated carbocycles. The van der Waals surface area contributed by atoms with Gasteiger partial charge in [-0.15, -0.1) is 0 Å². The molecule has 0 aliphatic carbocycles. The Kier molecular flexibility index (Phi) is 7.90. The second kappa shape index (κ2) is 8.29. The maximum absolute atomic E-state index is 11.6. The molecule has 6 nitrogen and oxygen atoms in total. The van der Waals surface area contributed by atoms with Gasteiger partial charge in [-0.25, -0.2) is 4.79 Å². The highest BCUT2D eigenvalue weighted by Crippen LogP contribution is 2.09. The number of rotatable bonds is 7. The summed E-state index contributed by atoms with van der Waals surface area (Å²) in [5.41, 5.74) is 4.80. The van der Waals surface area contributed by atoms with Crippen molar-refractivity contribution < 1.29 is 19.7 Å². The number of aliphatic hydroxyl groups excluding tert-OH is 2. The highest BCUT2D eigenvalue weighted by atomic mass is 16.6. The van der Waals surface area contributed by atoms with E-state index in [4.69, 9.17) is 15.6 Å². The summed E-state index contributed by atoms with van der Waals surface area (Å²) in [4.78, 5) is 11.6. The summed E-state index contributed by atoms with van der Waals surface area (Å²) in [5.74, 6) is 0. The lowest BCUT2D eigenvalue weighted by Crippen LogP contribution is -2.46. The van der Waals surface area contributed by atoms with E-state index in [0.717, 1.165) is 12.8 Å². The molecular formula is C12H26N2O4. The molecule has 0 unspecified atom stereocenters. The van der Waals surface area contributed by atoms with Crippen LogP contribution in [-0.2, 0) is 4.74 Å². The molecule has 0 bridgehead atoms. The molecule has 0 fully saturated rings. The average Bonchev–Trinajstić information content (AvgIpc) is 2.24. The van der Waals surface area contributed by atoms with Crippen molar-refractivity contribution in [3.63, 3.8) is 0 Å². The summed E-state index contributed by atoms with van der Waals surface area (Å²) in [6.07, 6.45) is 0.555. The summed E-state index contributed by atoms with van der Waals surface area (Å²) in [5, 5.41) is 21.1. The van der Waals surface area contributed by atoms with Crippen LogP contribution in [0.3, 0.4) is 0 Å². The molecule has 0 heterocycles. The highest BCUT2D eigenvalue weighted by molar-refractivity contribution is 5.68. The molecule has 0 aliphatic rings. The molecule has 0 aliphatic heterocycles. The van der Waals surface area contributed by atoms with Crippen molar-refractivity contribution in [2.45, 2.75) is 57.8 Å². The Bertz CT molecular complexity index is 241. The monoisotopic (exact) mass is 262 g/mol. The highest BCUT2D eigenvalue weighted by Gasteiger charge is 2.23. The first-order valence-corrected chi connectivity index (χ1v) is 6.28. The summed E-state index contributed by atoms with van der Waals surface area (Å²) in [6, 6.07) is -0.517. The van der Waals surface area contributed by atoms with Gasteiger partial charge in [0.05, 0.1) is 18.8 Å². The normalized spacial score (nSPS) is 15.0. The van der Waals surface area contributed by atoms with E-state index in [1.165, 1.54) is 0 Å². The number of amides is 1. The number of alkyl carbamates (subject to hydrolysis) is 1. The van der Waals surface area contributed by atoms with Crippen LogP contribution in [0.15, 0.2) is 0 Å². The maximum Gasteiger partial charge on any atom is 0.407 e. The van der Waals surface area contributed by atoms with Crippen molar-refractivity contribution in [1.29, 1.82) is 0 Å². The number of carbonyl (C=O) groups is 1. The molecule has 1 amide bonds. The zero-order valence-corrected chi connectivity index (χ0v) is 11.5. The van der Waals surface area contributed by atoms with Gasteiger partial charge in [0.15, 0.2) is 0 Å². The lowest BCUT2D eigenvalue weighted by molar-refractivity contribution is 0.0302. The molecule has 0 aromatic heterocycles. The Labute approximate surface area is 109 Å². The fourth-order valence-electron chi connectivity index (χ4n) is 1.46. The third-order valence-electron chi connectivity index (χ3n) is 2.32. The van der Waals surface area contributed by atoms with Crippen molar-refractivity contribution >= 4 is 6.09 Å². The largest absolute Gasteiger partial charge is 0.444 e. The second-order valence-electron chi connectivity index (χ2n) is 5.29. The van der Waals surface area contributed by atoms with Gasteiger partial charge in [-0.05, 0) is 40.2 Å². The Hall–Kier alpha value is -0.850. The van der Waals surface area contributed by atoms with Crippen LogP contribution in [0, 0.1) is 0 Å². The first-order chi connectivity index (χ1) is 8.30. The molecule has 0 spiro atoms. The first-order valence-electron chi connectivity index (χ1n) is 6.28. The van der Waals surface area contributed by atoms with E-state index in [-0.39, 0.29) is 0 Å². The summed E-state index contributed by atoms with van der Waals surface area (Å²) >= 11 is 0. The lowest BCUT2D eigenvalue weighted by atomic mass is 10.0. The number of carbonyl (C=O) groups excluding carboxylic acids is 1. The molecule has 0 aromatic carbocycles. The lowest BCUT2D eigenvalue weighted by Gasteiger charge is -2.25. The van der Waals surface area contributed by atoms with Crippen LogP contribution >= 0.6 is 0 Å². The number of ether oxygens (including phenoxy) is 1. The third kappa shape index (κ3) is 8.27. The molecule has 6 heteroatoms. The fraction of sp³-hybridized carbons (Fsp3) is 0.917. The third-order valence-corrected chi connectivity index (χ3v) is 2.32. The zero-order chi connectivity index (χ0) is 14.2. The first kappa shape index (κ1) is 17.2. The van der Waals surface area contributed by atoms with E-state index in [2.05, 4.69) is 5.32 Å². The number of hydrogen-bond acceptors (Lipinski definition) is 5. The topological polar surface area (TPSA) is 105 Å². The van der Waals surface area contributed by atoms with Crippen molar-refractivity contribution in [3.05, 3.63) is 0 Å². The Morgan fingerprint density at radius 2 is 2.00 bits per heavy atom. The molecule has 5 N–H and O–H groups in total. The van der Waals surface area contributed by atoms with Crippen LogP contribution in [-0.4, -0.2) is 47.2 Å². The molecule has 108 valence electrons. The predicted molar refractivity (Wildman–Crippen MR) is 69.2 cm³/mol. The fourth-order valence-corrected chi connectivity index (χ4v) is 1.46. The van der Waals surface area contributed by atoms with Gasteiger partial charge in [0.1, 0.15) is 5.60 Å². The number of unbranched alkanes of at least 4 members (excludes halogenated alkanes) is 1. The molecular weight excluding hydrogens is 236 g/mol. The Morgan fingerprint density at radius 3 is 2.44 bits per heavy atom. The van der Waals surface area contributed by atoms with Crippen LogP contribution in [0.5, 0.6) is 0 Å². The second-order valence-corrected chi connectivity index (χ2v) is 5.29. The van der Waals surface area contributed by atoms with Gasteiger partial charge in [-0.2, -0.15) is 0 Å². The summed E-state index contributed by atoms with van der Waals surface area (Å²) in [7, 11) is 0. The van der Waals surface area contributed by atoms with Gasteiger partial charge >= 0.3 is 6.09 Å². The minimum Gasteiger partial charge on any atom is -0.444 e. The quantitative estimate of drug-likeness (QED) is 0.496. The van der Waals surface area contributed by atoms with Crippen LogP contribution in [0.25, 0.3) is 0 Å². The van der Waals surface area contributed by atoms with E-state index in [9.17, 15) is 9.90 Å². The molecule has 0 radical (unpaired) electrons. The van der Waals surface area contributed by atoms with Gasteiger partial charge in [0.2, 0.25) is 0 Å². The van der Waals surface area contributed by atoms with E-state index < -0.39 is 30.4 Å². The van der Waals surface area contributed by atoms with E-state index in [1.54, 1.807) is 20.8 Å². The Balaban J connectivity index is 4.26. The van der Waals surface area contributed by atoms with Gasteiger partial charge in [-0.1, -0.05) is 6.42 Å². The van der Waals surface area contributed by atoms with Crippen LogP contribution in [0.4, 0.5) is 4.79 Å². The van der Waals surface area contributed by atoms with Crippen LogP contribution in [0.1, 0.15) is 40.0 Å². The molecule has 0 aromatic rings. The predicted octanol–water partition coefficient (Wildman–Crippen LogP) is 0.362. The number of aliphatic hydroxyl groups is 2. The number of nitrogens with two attached hydrogens (primary N) is 1. The van der Waals surface area contributed by atoms with Gasteiger partial charge in [0, 0.05) is 0 Å². The van der Waals surface area contributed by atoms with Crippen LogP contribution < -0.4 is 11.1 Å². The van der Waals surface area contributed by atoms with E-state index in [0.29, 0.717) is 13.0 Å². The van der Waals surface area contributed by atoms with Crippen molar-refractivity contribution in [2.75, 3.05) is 13.2 Å². The average molecular weight is 262 g/mol. The van der Waals surface area contributed by atoms with Gasteiger partial charge in [-0.3, -0.25) is 0 Å². The minimum absolute atomic E-state index is 0.400. The summed E-state index contributed by atoms with van der Waals surface area (Å²) < 4.78 is 5.10. The maximum atomic E-state index is 11.6. The molecule has 0 saturated heterocycles. The Morgan fingerprint density at radius 1 is 1.39 bits per heavy atom. The standard InChI is InChI=1S/C12H26N2O4/c1-12(2,3)18-11(17)14-9(10(16)8-15)6-4-5-7-13/h9-10,15-16H,4-8,13H2,1-3H3,(H,14,17)/t9-,10+/m0/s1.